The average molecular weight is 546 g/mol. The number of fused-ring (bicyclic) bond motifs is 2. The molecule has 1 atom stereocenters. The number of amides is 1. The van der Waals surface area contributed by atoms with E-state index in [0.717, 1.165) is 11.3 Å². The fraction of sp³-hybridized carbons (Fsp3) is 0.0769. The summed E-state index contributed by atoms with van der Waals surface area (Å²) in [6.45, 7) is 1.68. The van der Waals surface area contributed by atoms with Gasteiger partial charge in [-0.3, -0.25) is 29.0 Å². The van der Waals surface area contributed by atoms with Crippen molar-refractivity contribution in [3.05, 3.63) is 105 Å². The molecule has 1 amide bonds. The van der Waals surface area contributed by atoms with Crippen LogP contribution in [0.3, 0.4) is 0 Å². The smallest absolute Gasteiger partial charge is 0.301 e. The first-order valence-electron chi connectivity index (χ1n) is 11.3. The topological polar surface area (TPSA) is 131 Å². The number of carbonyl (C=O) groups is 2. The molecule has 3 aromatic heterocycles. The Balaban J connectivity index is 1.63. The Morgan fingerprint density at radius 2 is 1.92 bits per heavy atom. The summed E-state index contributed by atoms with van der Waals surface area (Å²) in [6.07, 6.45) is 1.68. The van der Waals surface area contributed by atoms with Gasteiger partial charge in [0.25, 0.3) is 11.5 Å². The number of halogens is 1. The Morgan fingerprint density at radius 3 is 2.71 bits per heavy atom. The lowest BCUT2D eigenvalue weighted by atomic mass is 9.96. The number of hydrogen-bond donors (Lipinski definition) is 1. The van der Waals surface area contributed by atoms with Crippen molar-refractivity contribution < 1.29 is 19.6 Å². The zero-order valence-corrected chi connectivity index (χ0v) is 21.1. The van der Waals surface area contributed by atoms with Crippen molar-refractivity contribution in [2.24, 2.45) is 0 Å². The minimum atomic E-state index is -1.18. The number of rotatable bonds is 4. The number of imidazole rings is 1. The third kappa shape index (κ3) is 3.63. The number of anilines is 1. The van der Waals surface area contributed by atoms with Crippen LogP contribution in [-0.4, -0.2) is 36.1 Å². The zero-order chi connectivity index (χ0) is 26.7. The van der Waals surface area contributed by atoms with Gasteiger partial charge in [-0.05, 0) is 42.8 Å². The fourth-order valence-corrected chi connectivity index (χ4v) is 5.94. The molecule has 10 nitrogen and oxygen atoms in total. The minimum Gasteiger partial charge on any atom is -0.505 e. The predicted molar refractivity (Wildman–Crippen MR) is 142 cm³/mol. The Hall–Kier alpha value is -4.61. The van der Waals surface area contributed by atoms with E-state index in [2.05, 4.69) is 9.97 Å². The predicted octanol–water partition coefficient (Wildman–Crippen LogP) is 5.44. The van der Waals surface area contributed by atoms with Gasteiger partial charge in [0.05, 0.1) is 32.4 Å². The van der Waals surface area contributed by atoms with Gasteiger partial charge in [-0.2, -0.15) is 0 Å². The Kier molecular flexibility index (Phi) is 5.47. The number of benzene rings is 2. The van der Waals surface area contributed by atoms with E-state index in [9.17, 15) is 24.8 Å². The SMILES string of the molecule is Cc1nc2ccccn2c1/C(O)=C1\C(=O)C(=O)N(c2nc3ccc(Cl)cc3s2)C1c1cccc([N+](=O)[O-])c1. The number of non-ortho nitro benzene ring substituents is 1. The molecule has 1 unspecified atom stereocenters. The van der Waals surface area contributed by atoms with Gasteiger partial charge >= 0.3 is 5.91 Å². The normalized spacial score (nSPS) is 17.1. The average Bonchev–Trinajstić information content (AvgIpc) is 3.54. The highest BCUT2D eigenvalue weighted by atomic mass is 35.5. The number of nitrogens with zero attached hydrogens (tertiary/aromatic N) is 5. The lowest BCUT2D eigenvalue weighted by Gasteiger charge is -2.22. The standard InChI is InChI=1S/C26H16ClN5O5S/c1-13-21(30-10-3-2-7-19(30)28-13)23(33)20-22(14-5-4-6-16(11-14)32(36)37)31(25(35)24(20)34)26-29-17-9-8-15(27)12-18(17)38-26/h2-12,22,33H,1H3/b23-20+. The highest BCUT2D eigenvalue weighted by molar-refractivity contribution is 7.22. The lowest BCUT2D eigenvalue weighted by molar-refractivity contribution is -0.384. The number of aliphatic hydroxyl groups excluding tert-OH is 1. The summed E-state index contributed by atoms with van der Waals surface area (Å²) in [7, 11) is 0. The number of nitro benzene ring substituents is 1. The van der Waals surface area contributed by atoms with Gasteiger partial charge in [0.15, 0.2) is 10.9 Å². The largest absolute Gasteiger partial charge is 0.505 e. The van der Waals surface area contributed by atoms with Crippen molar-refractivity contribution >= 4 is 67.1 Å². The number of ketones is 1. The van der Waals surface area contributed by atoms with Crippen LogP contribution in [-0.2, 0) is 9.59 Å². The number of aromatic nitrogens is 3. The third-order valence-electron chi connectivity index (χ3n) is 6.31. The van der Waals surface area contributed by atoms with Gasteiger partial charge in [0.1, 0.15) is 11.3 Å². The number of hydrogen-bond acceptors (Lipinski definition) is 8. The van der Waals surface area contributed by atoms with Crippen molar-refractivity contribution in [2.45, 2.75) is 13.0 Å². The summed E-state index contributed by atoms with van der Waals surface area (Å²) >= 11 is 7.27. The highest BCUT2D eigenvalue weighted by Gasteiger charge is 2.49. The van der Waals surface area contributed by atoms with Crippen LogP contribution in [0.15, 0.2) is 72.4 Å². The molecule has 1 fully saturated rings. The fourth-order valence-electron chi connectivity index (χ4n) is 4.67. The second-order valence-electron chi connectivity index (χ2n) is 8.60. The molecule has 1 N–H and O–H groups in total. The molecule has 0 spiro atoms. The monoisotopic (exact) mass is 545 g/mol. The number of pyridine rings is 1. The third-order valence-corrected chi connectivity index (χ3v) is 7.57. The molecule has 188 valence electrons. The van der Waals surface area contributed by atoms with E-state index in [0.29, 0.717) is 26.6 Å². The van der Waals surface area contributed by atoms with Gasteiger partial charge in [0, 0.05) is 23.4 Å². The molecule has 38 heavy (non-hydrogen) atoms. The van der Waals surface area contributed by atoms with E-state index >= 15 is 0 Å². The Morgan fingerprint density at radius 1 is 1.11 bits per heavy atom. The maximum absolute atomic E-state index is 13.5. The number of aliphatic hydroxyl groups is 1. The van der Waals surface area contributed by atoms with E-state index in [1.807, 2.05) is 0 Å². The molecule has 1 saturated heterocycles. The number of Topliss-reactive ketones (excluding diaryl/α,β-unsaturated/α-hetero) is 1. The van der Waals surface area contributed by atoms with Crippen LogP contribution in [0, 0.1) is 17.0 Å². The second-order valence-corrected chi connectivity index (χ2v) is 10.0. The lowest BCUT2D eigenvalue weighted by Crippen LogP contribution is -2.29. The summed E-state index contributed by atoms with van der Waals surface area (Å²) in [5.41, 5.74) is 1.60. The first-order chi connectivity index (χ1) is 18.2. The van der Waals surface area contributed by atoms with Crippen molar-refractivity contribution in [3.63, 3.8) is 0 Å². The van der Waals surface area contributed by atoms with Gasteiger partial charge in [0.2, 0.25) is 0 Å². The number of nitro groups is 1. The molecule has 0 bridgehead atoms. The van der Waals surface area contributed by atoms with E-state index < -0.39 is 28.4 Å². The summed E-state index contributed by atoms with van der Waals surface area (Å²) in [6, 6.07) is 14.8. The zero-order valence-electron chi connectivity index (χ0n) is 19.5. The molecule has 6 rings (SSSR count). The Bertz CT molecular complexity index is 1860. The number of aryl methyl sites for hydroxylation is 1. The van der Waals surface area contributed by atoms with Gasteiger partial charge in [-0.1, -0.05) is 41.1 Å². The Labute approximate surface area is 223 Å². The van der Waals surface area contributed by atoms with Crippen LogP contribution < -0.4 is 4.90 Å². The summed E-state index contributed by atoms with van der Waals surface area (Å²) < 4.78 is 2.30. The van der Waals surface area contributed by atoms with Crippen LogP contribution >= 0.6 is 22.9 Å². The first-order valence-corrected chi connectivity index (χ1v) is 12.5. The van der Waals surface area contributed by atoms with Crippen LogP contribution in [0.2, 0.25) is 5.02 Å². The van der Waals surface area contributed by atoms with Crippen molar-refractivity contribution in [1.82, 2.24) is 14.4 Å². The molecule has 0 radical (unpaired) electrons. The van der Waals surface area contributed by atoms with Crippen LogP contribution in [0.5, 0.6) is 0 Å². The number of carbonyl (C=O) groups excluding carboxylic acids is 2. The summed E-state index contributed by atoms with van der Waals surface area (Å²) in [4.78, 5) is 48.2. The van der Waals surface area contributed by atoms with E-state index in [-0.39, 0.29) is 27.6 Å². The number of thiazole rings is 1. The molecule has 0 saturated carbocycles. The van der Waals surface area contributed by atoms with Crippen molar-refractivity contribution in [1.29, 1.82) is 0 Å². The van der Waals surface area contributed by atoms with Gasteiger partial charge in [-0.25, -0.2) is 9.97 Å². The van der Waals surface area contributed by atoms with Gasteiger partial charge < -0.3 is 5.11 Å². The molecular formula is C26H16ClN5O5S. The molecule has 1 aliphatic heterocycles. The van der Waals surface area contributed by atoms with Crippen LogP contribution in [0.4, 0.5) is 10.8 Å². The molecular weight excluding hydrogens is 530 g/mol. The molecule has 0 aliphatic carbocycles. The van der Waals surface area contributed by atoms with Crippen molar-refractivity contribution in [3.8, 4) is 0 Å². The maximum atomic E-state index is 13.5. The van der Waals surface area contributed by atoms with Crippen LogP contribution in [0.1, 0.15) is 23.0 Å². The van der Waals surface area contributed by atoms with Crippen LogP contribution in [0.25, 0.3) is 21.6 Å². The summed E-state index contributed by atoms with van der Waals surface area (Å²) in [5, 5.41) is 23.8. The molecule has 5 aromatic rings. The van der Waals surface area contributed by atoms with E-state index in [1.54, 1.807) is 60.0 Å². The van der Waals surface area contributed by atoms with Gasteiger partial charge in [-0.15, -0.1) is 0 Å². The molecule has 2 aromatic carbocycles. The minimum absolute atomic E-state index is 0.190. The second kappa shape index (κ2) is 8.75. The van der Waals surface area contributed by atoms with E-state index in [4.69, 9.17) is 11.6 Å². The van der Waals surface area contributed by atoms with E-state index in [1.165, 1.54) is 23.1 Å². The van der Waals surface area contributed by atoms with Crippen molar-refractivity contribution in [2.75, 3.05) is 4.90 Å². The molecule has 4 heterocycles. The molecule has 1 aliphatic rings. The quantitative estimate of drug-likeness (QED) is 0.105. The molecule has 12 heteroatoms. The summed E-state index contributed by atoms with van der Waals surface area (Å²) in [5.74, 6) is -2.30. The highest BCUT2D eigenvalue weighted by Crippen LogP contribution is 2.45. The maximum Gasteiger partial charge on any atom is 0.301 e. The first kappa shape index (κ1) is 23.8.